The van der Waals surface area contributed by atoms with Gasteiger partial charge in [-0.25, -0.2) is 9.48 Å². The minimum absolute atomic E-state index is 0.0401. The third-order valence-corrected chi connectivity index (χ3v) is 2.90. The van der Waals surface area contributed by atoms with Crippen molar-refractivity contribution in [1.82, 2.24) is 20.3 Å². The summed E-state index contributed by atoms with van der Waals surface area (Å²) >= 11 is 0. The fourth-order valence-electron chi connectivity index (χ4n) is 1.88. The second kappa shape index (κ2) is 5.28. The normalized spacial score (nSPS) is 12.6. The summed E-state index contributed by atoms with van der Waals surface area (Å²) in [6.45, 7) is 5.48. The summed E-state index contributed by atoms with van der Waals surface area (Å²) in [7, 11) is 0. The number of amides is 1. The highest BCUT2D eigenvalue weighted by molar-refractivity contribution is 5.92. The topological polar surface area (TPSA) is 97.1 Å². The first-order chi connectivity index (χ1) is 9.40. The molecule has 1 unspecified atom stereocenters. The van der Waals surface area contributed by atoms with Gasteiger partial charge >= 0.3 is 5.97 Å². The molecule has 0 spiro atoms. The van der Waals surface area contributed by atoms with E-state index in [0.717, 1.165) is 0 Å². The number of carboxylic acids is 1. The number of carbonyl (C=O) groups is 2. The molecule has 1 aromatic heterocycles. The van der Waals surface area contributed by atoms with Gasteiger partial charge in [-0.05, 0) is 39.0 Å². The minimum atomic E-state index is -1.02. The highest BCUT2D eigenvalue weighted by Gasteiger charge is 2.19. The monoisotopic (exact) mass is 276 g/mol. The molecule has 20 heavy (non-hydrogen) atoms. The van der Waals surface area contributed by atoms with Crippen molar-refractivity contribution in [2.24, 2.45) is 0 Å². The second-order valence-electron chi connectivity index (χ2n) is 4.88. The lowest BCUT2D eigenvalue weighted by Gasteiger charge is -2.15. The maximum atomic E-state index is 12.0. The van der Waals surface area contributed by atoms with Gasteiger partial charge in [0.2, 0.25) is 5.91 Å². The van der Waals surface area contributed by atoms with Gasteiger partial charge in [-0.1, -0.05) is 5.21 Å². The fraction of sp³-hybridized carbons (Fsp3) is 0.385. The van der Waals surface area contributed by atoms with E-state index in [9.17, 15) is 9.59 Å². The van der Waals surface area contributed by atoms with E-state index in [2.05, 4.69) is 15.6 Å². The SMILES string of the molecule is CC(C)NC(=O)C(C)n1nnc2cc(C(=O)O)ccc21. The van der Waals surface area contributed by atoms with E-state index in [4.69, 9.17) is 5.11 Å². The van der Waals surface area contributed by atoms with E-state index in [1.54, 1.807) is 13.0 Å². The minimum Gasteiger partial charge on any atom is -0.478 e. The molecular formula is C13H16N4O3. The highest BCUT2D eigenvalue weighted by atomic mass is 16.4. The lowest BCUT2D eigenvalue weighted by atomic mass is 10.2. The van der Waals surface area contributed by atoms with E-state index in [1.807, 2.05) is 13.8 Å². The van der Waals surface area contributed by atoms with Gasteiger partial charge in [-0.3, -0.25) is 4.79 Å². The number of rotatable bonds is 4. The zero-order chi connectivity index (χ0) is 14.9. The first kappa shape index (κ1) is 14.0. The van der Waals surface area contributed by atoms with Gasteiger partial charge < -0.3 is 10.4 Å². The molecule has 106 valence electrons. The summed E-state index contributed by atoms with van der Waals surface area (Å²) < 4.78 is 1.48. The fourth-order valence-corrected chi connectivity index (χ4v) is 1.88. The number of benzene rings is 1. The van der Waals surface area contributed by atoms with Crippen molar-refractivity contribution >= 4 is 22.9 Å². The summed E-state index contributed by atoms with van der Waals surface area (Å²) in [5.41, 5.74) is 1.22. The zero-order valence-corrected chi connectivity index (χ0v) is 11.5. The van der Waals surface area contributed by atoms with Crippen LogP contribution in [-0.2, 0) is 4.79 Å². The molecule has 2 N–H and O–H groups in total. The van der Waals surface area contributed by atoms with Crippen LogP contribution >= 0.6 is 0 Å². The van der Waals surface area contributed by atoms with Gasteiger partial charge in [0.1, 0.15) is 11.6 Å². The predicted octanol–water partition coefficient (Wildman–Crippen LogP) is 1.22. The Hall–Kier alpha value is -2.44. The Morgan fingerprint density at radius 1 is 1.30 bits per heavy atom. The number of nitrogens with one attached hydrogen (secondary N) is 1. The molecule has 7 nitrogen and oxygen atoms in total. The molecule has 0 aliphatic heterocycles. The number of carboxylic acid groups (broad SMARTS) is 1. The third-order valence-electron chi connectivity index (χ3n) is 2.90. The number of aromatic nitrogens is 3. The Morgan fingerprint density at radius 2 is 2.00 bits per heavy atom. The van der Waals surface area contributed by atoms with Crippen molar-refractivity contribution in [3.8, 4) is 0 Å². The average Bonchev–Trinajstić information content (AvgIpc) is 2.79. The van der Waals surface area contributed by atoms with Crippen LogP contribution < -0.4 is 5.32 Å². The van der Waals surface area contributed by atoms with Crippen molar-refractivity contribution < 1.29 is 14.7 Å². The van der Waals surface area contributed by atoms with Crippen LogP contribution in [0.15, 0.2) is 18.2 Å². The molecule has 2 aromatic rings. The molecule has 0 aliphatic carbocycles. The van der Waals surface area contributed by atoms with Gasteiger partial charge in [-0.2, -0.15) is 0 Å². The Morgan fingerprint density at radius 3 is 2.60 bits per heavy atom. The number of nitrogens with zero attached hydrogens (tertiary/aromatic N) is 3. The molecule has 7 heteroatoms. The molecule has 1 heterocycles. The predicted molar refractivity (Wildman–Crippen MR) is 72.5 cm³/mol. The number of aromatic carboxylic acids is 1. The molecule has 1 atom stereocenters. The molecule has 0 bridgehead atoms. The van der Waals surface area contributed by atoms with Crippen LogP contribution in [0.2, 0.25) is 0 Å². The molecule has 0 aliphatic rings. The molecular weight excluding hydrogens is 260 g/mol. The van der Waals surface area contributed by atoms with E-state index in [1.165, 1.54) is 16.8 Å². The first-order valence-corrected chi connectivity index (χ1v) is 6.28. The second-order valence-corrected chi connectivity index (χ2v) is 4.88. The number of fused-ring (bicyclic) bond motifs is 1. The van der Waals surface area contributed by atoms with E-state index in [-0.39, 0.29) is 17.5 Å². The van der Waals surface area contributed by atoms with Gasteiger partial charge in [0, 0.05) is 6.04 Å². The third kappa shape index (κ3) is 2.61. The number of hydrogen-bond acceptors (Lipinski definition) is 4. The van der Waals surface area contributed by atoms with Crippen molar-refractivity contribution in [3.63, 3.8) is 0 Å². The highest BCUT2D eigenvalue weighted by Crippen LogP contribution is 2.17. The molecule has 0 fully saturated rings. The van der Waals surface area contributed by atoms with E-state index < -0.39 is 12.0 Å². The largest absolute Gasteiger partial charge is 0.478 e. The van der Waals surface area contributed by atoms with Crippen molar-refractivity contribution in [2.45, 2.75) is 32.9 Å². The van der Waals surface area contributed by atoms with Crippen LogP contribution in [0.25, 0.3) is 11.0 Å². The zero-order valence-electron chi connectivity index (χ0n) is 11.5. The van der Waals surface area contributed by atoms with Crippen LogP contribution in [0.4, 0.5) is 0 Å². The molecule has 0 saturated carbocycles. The molecule has 2 rings (SSSR count). The maximum Gasteiger partial charge on any atom is 0.335 e. The van der Waals surface area contributed by atoms with Gasteiger partial charge in [0.05, 0.1) is 11.1 Å². The quantitative estimate of drug-likeness (QED) is 0.875. The summed E-state index contributed by atoms with van der Waals surface area (Å²) in [5, 5.41) is 19.6. The van der Waals surface area contributed by atoms with Crippen molar-refractivity contribution in [3.05, 3.63) is 23.8 Å². The summed E-state index contributed by atoms with van der Waals surface area (Å²) in [5.74, 6) is -1.18. The van der Waals surface area contributed by atoms with Crippen molar-refractivity contribution in [2.75, 3.05) is 0 Å². The smallest absolute Gasteiger partial charge is 0.335 e. The first-order valence-electron chi connectivity index (χ1n) is 6.28. The van der Waals surface area contributed by atoms with Crippen LogP contribution in [0.5, 0.6) is 0 Å². The van der Waals surface area contributed by atoms with Gasteiger partial charge in [0.25, 0.3) is 0 Å². The van der Waals surface area contributed by atoms with Crippen LogP contribution in [0, 0.1) is 0 Å². The number of hydrogen-bond donors (Lipinski definition) is 2. The standard InChI is InChI=1S/C13H16N4O3/c1-7(2)14-12(18)8(3)17-11-5-4-9(13(19)20)6-10(11)15-16-17/h4-8H,1-3H3,(H,14,18)(H,19,20). The summed E-state index contributed by atoms with van der Waals surface area (Å²) in [6.07, 6.45) is 0. The van der Waals surface area contributed by atoms with E-state index in [0.29, 0.717) is 11.0 Å². The maximum absolute atomic E-state index is 12.0. The van der Waals surface area contributed by atoms with Gasteiger partial charge in [-0.15, -0.1) is 5.10 Å². The van der Waals surface area contributed by atoms with Crippen LogP contribution in [-0.4, -0.2) is 38.0 Å². The Bertz CT molecular complexity index is 663. The molecule has 0 radical (unpaired) electrons. The van der Waals surface area contributed by atoms with Crippen LogP contribution in [0.3, 0.4) is 0 Å². The van der Waals surface area contributed by atoms with Crippen LogP contribution in [0.1, 0.15) is 37.2 Å². The average molecular weight is 276 g/mol. The summed E-state index contributed by atoms with van der Waals surface area (Å²) in [6, 6.07) is 4.04. The van der Waals surface area contributed by atoms with Crippen molar-refractivity contribution in [1.29, 1.82) is 0 Å². The molecule has 0 saturated heterocycles. The Labute approximate surface area is 115 Å². The lowest BCUT2D eigenvalue weighted by molar-refractivity contribution is -0.124. The Kier molecular flexibility index (Phi) is 3.69. The number of carbonyl (C=O) groups excluding carboxylic acids is 1. The lowest BCUT2D eigenvalue weighted by Crippen LogP contribution is -2.36. The summed E-state index contributed by atoms with van der Waals surface area (Å²) in [4.78, 5) is 22.9. The van der Waals surface area contributed by atoms with E-state index >= 15 is 0 Å². The molecule has 1 aromatic carbocycles. The Balaban J connectivity index is 2.36. The van der Waals surface area contributed by atoms with Gasteiger partial charge in [0.15, 0.2) is 0 Å². The molecule has 1 amide bonds.